The van der Waals surface area contributed by atoms with E-state index < -0.39 is 68.5 Å². The molecule has 7 nitrogen and oxygen atoms in total. The smallest absolute Gasteiger partial charge is 0.417 e. The topological polar surface area (TPSA) is 101 Å². The van der Waals surface area contributed by atoms with Gasteiger partial charge in [0, 0.05) is 25.7 Å². The highest BCUT2D eigenvalue weighted by Gasteiger charge is 2.48. The van der Waals surface area contributed by atoms with E-state index in [9.17, 15) is 36.3 Å². The van der Waals surface area contributed by atoms with E-state index in [4.69, 9.17) is 4.74 Å². The third-order valence-corrected chi connectivity index (χ3v) is 7.53. The highest BCUT2D eigenvalue weighted by Crippen LogP contribution is 2.38. The molecule has 0 radical (unpaired) electrons. The fraction of sp³-hybridized carbons (Fsp3) is 0.556. The molecular formula is C18H20F3NO6S. The van der Waals surface area contributed by atoms with E-state index in [0.29, 0.717) is 32.1 Å². The lowest BCUT2D eigenvalue weighted by molar-refractivity contribution is -0.151. The highest BCUT2D eigenvalue weighted by molar-refractivity contribution is 7.92. The molecule has 0 aliphatic carbocycles. The number of alkyl halides is 3. The van der Waals surface area contributed by atoms with Crippen LogP contribution in [0.4, 0.5) is 13.2 Å². The van der Waals surface area contributed by atoms with E-state index in [1.165, 1.54) is 6.07 Å². The fourth-order valence-electron chi connectivity index (χ4n) is 3.81. The zero-order valence-corrected chi connectivity index (χ0v) is 16.1. The molecule has 0 bridgehead atoms. The van der Waals surface area contributed by atoms with Crippen LogP contribution in [0.2, 0.25) is 0 Å². The first-order chi connectivity index (χ1) is 13.5. The molecule has 2 fully saturated rings. The maximum absolute atomic E-state index is 13.3. The molecule has 0 unspecified atom stereocenters. The fourth-order valence-corrected chi connectivity index (χ4v) is 5.72. The number of carbonyl (C=O) groups excluding carboxylic acids is 1. The second kappa shape index (κ2) is 7.94. The molecule has 0 spiro atoms. The number of nitrogens with zero attached hydrogens (tertiary/aromatic N) is 1. The number of rotatable bonds is 4. The molecule has 1 N–H and O–H groups in total. The van der Waals surface area contributed by atoms with Crippen molar-refractivity contribution >= 4 is 21.7 Å². The Labute approximate surface area is 165 Å². The van der Waals surface area contributed by atoms with Gasteiger partial charge in [0.05, 0.1) is 15.7 Å². The summed E-state index contributed by atoms with van der Waals surface area (Å²) in [5.74, 6) is -2.37. The lowest BCUT2D eigenvalue weighted by Crippen LogP contribution is -2.45. The van der Waals surface area contributed by atoms with Crippen molar-refractivity contribution in [3.63, 3.8) is 0 Å². The molecule has 29 heavy (non-hydrogen) atoms. The van der Waals surface area contributed by atoms with Gasteiger partial charge in [-0.1, -0.05) is 12.1 Å². The lowest BCUT2D eigenvalue weighted by atomic mass is 9.98. The van der Waals surface area contributed by atoms with Crippen LogP contribution in [0, 0.1) is 5.92 Å². The van der Waals surface area contributed by atoms with E-state index >= 15 is 0 Å². The molecule has 160 valence electrons. The molecule has 3 rings (SSSR count). The number of amides is 1. The maximum atomic E-state index is 13.3. The van der Waals surface area contributed by atoms with Gasteiger partial charge in [-0.05, 0) is 31.4 Å². The molecule has 1 aromatic carbocycles. The SMILES string of the molecule is O=C(O)[C@@H]1C[C@@H](S(=O)(=O)c2ccccc2C(F)(F)F)CN1C(=O)C1CCOCC1. The normalized spacial score (nSPS) is 23.9. The van der Waals surface area contributed by atoms with Crippen molar-refractivity contribution < 1.29 is 41.0 Å². The minimum absolute atomic E-state index is 0.336. The Morgan fingerprint density at radius 2 is 1.76 bits per heavy atom. The number of carboxylic acid groups (broad SMARTS) is 1. The van der Waals surface area contributed by atoms with Crippen LogP contribution < -0.4 is 0 Å². The van der Waals surface area contributed by atoms with E-state index in [-0.39, 0.29) is 0 Å². The third kappa shape index (κ3) is 4.25. The first-order valence-corrected chi connectivity index (χ1v) is 10.6. The van der Waals surface area contributed by atoms with Crippen molar-refractivity contribution in [3.8, 4) is 0 Å². The summed E-state index contributed by atoms with van der Waals surface area (Å²) in [5.41, 5.74) is -1.30. The third-order valence-electron chi connectivity index (χ3n) is 5.34. The zero-order valence-electron chi connectivity index (χ0n) is 15.3. The second-order valence-electron chi connectivity index (χ2n) is 7.13. The van der Waals surface area contributed by atoms with Gasteiger partial charge < -0.3 is 14.7 Å². The molecule has 2 heterocycles. The van der Waals surface area contributed by atoms with E-state index in [0.717, 1.165) is 17.0 Å². The number of hydrogen-bond donors (Lipinski definition) is 1. The second-order valence-corrected chi connectivity index (χ2v) is 9.32. The molecule has 2 saturated heterocycles. The van der Waals surface area contributed by atoms with Gasteiger partial charge in [-0.15, -0.1) is 0 Å². The Hall–Kier alpha value is -2.14. The molecule has 1 aromatic rings. The van der Waals surface area contributed by atoms with Crippen LogP contribution >= 0.6 is 0 Å². The minimum atomic E-state index is -4.88. The Balaban J connectivity index is 1.92. The predicted molar refractivity (Wildman–Crippen MR) is 93.7 cm³/mol. The molecule has 2 aliphatic rings. The van der Waals surface area contributed by atoms with Crippen LogP contribution in [0.15, 0.2) is 29.2 Å². The van der Waals surface area contributed by atoms with Crippen molar-refractivity contribution in [2.45, 2.75) is 41.6 Å². The number of aliphatic carboxylic acids is 1. The van der Waals surface area contributed by atoms with Crippen molar-refractivity contribution in [3.05, 3.63) is 29.8 Å². The minimum Gasteiger partial charge on any atom is -0.480 e. The number of ether oxygens (including phenoxy) is 1. The zero-order chi connectivity index (χ0) is 21.4. The number of carbonyl (C=O) groups is 2. The first-order valence-electron chi connectivity index (χ1n) is 9.04. The van der Waals surface area contributed by atoms with Crippen LogP contribution in [-0.4, -0.2) is 61.4 Å². The largest absolute Gasteiger partial charge is 0.480 e. The molecule has 11 heteroatoms. The van der Waals surface area contributed by atoms with Crippen LogP contribution in [0.25, 0.3) is 0 Å². The van der Waals surface area contributed by atoms with Gasteiger partial charge in [-0.3, -0.25) is 4.79 Å². The van der Waals surface area contributed by atoms with Gasteiger partial charge in [0.25, 0.3) is 0 Å². The molecule has 1 amide bonds. The molecule has 0 saturated carbocycles. The van der Waals surface area contributed by atoms with Crippen molar-refractivity contribution in [2.75, 3.05) is 19.8 Å². The van der Waals surface area contributed by atoms with Gasteiger partial charge in [-0.25, -0.2) is 13.2 Å². The van der Waals surface area contributed by atoms with Gasteiger partial charge in [0.2, 0.25) is 5.91 Å². The lowest BCUT2D eigenvalue weighted by Gasteiger charge is -2.28. The Morgan fingerprint density at radius 3 is 2.34 bits per heavy atom. The van der Waals surface area contributed by atoms with Crippen LogP contribution in [0.5, 0.6) is 0 Å². The number of likely N-dealkylation sites (tertiary alicyclic amines) is 1. The molecular weight excluding hydrogens is 415 g/mol. The molecule has 2 atom stereocenters. The quantitative estimate of drug-likeness (QED) is 0.776. The van der Waals surface area contributed by atoms with Crippen molar-refractivity contribution in [1.82, 2.24) is 4.90 Å². The molecule has 2 aliphatic heterocycles. The van der Waals surface area contributed by atoms with E-state index in [1.807, 2.05) is 0 Å². The standard InChI is InChI=1S/C18H20F3NO6S/c19-18(20,21)13-3-1-2-4-15(13)29(26,27)12-9-14(17(24)25)22(10-12)16(23)11-5-7-28-8-6-11/h1-4,11-12,14H,5-10H2,(H,24,25)/t12-,14+/m1/s1. The summed E-state index contributed by atoms with van der Waals surface area (Å²) in [6.07, 6.45) is -4.57. The van der Waals surface area contributed by atoms with Crippen LogP contribution in [-0.2, 0) is 30.3 Å². The van der Waals surface area contributed by atoms with E-state index in [2.05, 4.69) is 0 Å². The number of hydrogen-bond acceptors (Lipinski definition) is 5. The summed E-state index contributed by atoms with van der Waals surface area (Å²) in [7, 11) is -4.52. The highest BCUT2D eigenvalue weighted by atomic mass is 32.2. The van der Waals surface area contributed by atoms with Gasteiger partial charge >= 0.3 is 12.1 Å². The predicted octanol–water partition coefficient (Wildman–Crippen LogP) is 1.96. The summed E-state index contributed by atoms with van der Waals surface area (Å²) in [6, 6.07) is 2.38. The average molecular weight is 435 g/mol. The number of sulfone groups is 1. The van der Waals surface area contributed by atoms with Crippen LogP contribution in [0.3, 0.4) is 0 Å². The summed E-state index contributed by atoms with van der Waals surface area (Å²) in [6.45, 7) is 0.215. The maximum Gasteiger partial charge on any atom is 0.417 e. The number of carboxylic acids is 1. The van der Waals surface area contributed by atoms with Crippen LogP contribution in [0.1, 0.15) is 24.8 Å². The van der Waals surface area contributed by atoms with Crippen molar-refractivity contribution in [1.29, 1.82) is 0 Å². The summed E-state index contributed by atoms with van der Waals surface area (Å²) < 4.78 is 71.0. The van der Waals surface area contributed by atoms with Crippen molar-refractivity contribution in [2.24, 2.45) is 5.92 Å². The first kappa shape index (κ1) is 21.6. The Bertz CT molecular complexity index is 895. The summed E-state index contributed by atoms with van der Waals surface area (Å²) in [5, 5.41) is 8.04. The molecule has 0 aromatic heterocycles. The van der Waals surface area contributed by atoms with Gasteiger partial charge in [0.1, 0.15) is 6.04 Å². The Morgan fingerprint density at radius 1 is 1.14 bits per heavy atom. The van der Waals surface area contributed by atoms with Gasteiger partial charge in [-0.2, -0.15) is 13.2 Å². The number of benzene rings is 1. The van der Waals surface area contributed by atoms with Gasteiger partial charge in [0.15, 0.2) is 9.84 Å². The number of halogens is 3. The monoisotopic (exact) mass is 435 g/mol. The Kier molecular flexibility index (Phi) is 5.91. The summed E-state index contributed by atoms with van der Waals surface area (Å²) >= 11 is 0. The summed E-state index contributed by atoms with van der Waals surface area (Å²) in [4.78, 5) is 24.5. The average Bonchev–Trinajstić information content (AvgIpc) is 3.14. The van der Waals surface area contributed by atoms with E-state index in [1.54, 1.807) is 0 Å².